The van der Waals surface area contributed by atoms with Gasteiger partial charge >= 0.3 is 0 Å². The molecule has 1 amide bonds. The first-order valence-electron chi connectivity index (χ1n) is 8.80. The molecule has 2 aromatic carbocycles. The van der Waals surface area contributed by atoms with E-state index in [1.54, 1.807) is 18.0 Å². The van der Waals surface area contributed by atoms with Gasteiger partial charge in [-0.1, -0.05) is 45.0 Å². The Morgan fingerprint density at radius 3 is 2.31 bits per heavy atom. The highest BCUT2D eigenvalue weighted by Crippen LogP contribution is 2.33. The molecule has 0 atom stereocenters. The van der Waals surface area contributed by atoms with E-state index in [0.717, 1.165) is 17.0 Å². The van der Waals surface area contributed by atoms with Crippen LogP contribution < -0.4 is 14.4 Å². The Hall–Kier alpha value is -2.75. The standard InChI is InChI=1S/C22H25NO3/c1-22(2,3)17-8-5-16(6-9-17)7-12-21(24)23(4)18-10-11-19-20(15-18)26-14-13-25-19/h5-12,15H,13-14H2,1-4H3/b12-7+. The average molecular weight is 351 g/mol. The van der Waals surface area contributed by atoms with Gasteiger partial charge in [-0.15, -0.1) is 0 Å². The second-order valence-corrected chi connectivity index (χ2v) is 7.43. The number of rotatable bonds is 3. The van der Waals surface area contributed by atoms with E-state index in [0.29, 0.717) is 19.0 Å². The lowest BCUT2D eigenvalue weighted by atomic mass is 9.87. The predicted molar refractivity (Wildman–Crippen MR) is 105 cm³/mol. The smallest absolute Gasteiger partial charge is 0.250 e. The van der Waals surface area contributed by atoms with Gasteiger partial charge in [0.25, 0.3) is 5.91 Å². The van der Waals surface area contributed by atoms with Crippen LogP contribution in [-0.2, 0) is 10.2 Å². The van der Waals surface area contributed by atoms with Gasteiger partial charge in [-0.25, -0.2) is 0 Å². The first-order chi connectivity index (χ1) is 12.3. The van der Waals surface area contributed by atoms with Crippen LogP contribution in [0, 0.1) is 0 Å². The number of likely N-dealkylation sites (N-methyl/N-ethyl adjacent to an activating group) is 1. The Balaban J connectivity index is 1.70. The Morgan fingerprint density at radius 2 is 1.65 bits per heavy atom. The molecule has 0 unspecified atom stereocenters. The molecule has 0 saturated heterocycles. The van der Waals surface area contributed by atoms with E-state index in [4.69, 9.17) is 9.47 Å². The summed E-state index contributed by atoms with van der Waals surface area (Å²) in [5.74, 6) is 1.30. The average Bonchev–Trinajstić information content (AvgIpc) is 2.64. The zero-order valence-electron chi connectivity index (χ0n) is 15.8. The molecule has 1 heterocycles. The van der Waals surface area contributed by atoms with Gasteiger partial charge in [-0.2, -0.15) is 0 Å². The van der Waals surface area contributed by atoms with Crippen molar-refractivity contribution in [2.45, 2.75) is 26.2 Å². The van der Waals surface area contributed by atoms with Gasteiger partial charge in [0, 0.05) is 24.9 Å². The van der Waals surface area contributed by atoms with Crippen molar-refractivity contribution >= 4 is 17.7 Å². The second-order valence-electron chi connectivity index (χ2n) is 7.43. The van der Waals surface area contributed by atoms with E-state index >= 15 is 0 Å². The largest absolute Gasteiger partial charge is 0.486 e. The topological polar surface area (TPSA) is 38.8 Å². The van der Waals surface area contributed by atoms with Crippen LogP contribution >= 0.6 is 0 Å². The summed E-state index contributed by atoms with van der Waals surface area (Å²) in [6.07, 6.45) is 3.42. The summed E-state index contributed by atoms with van der Waals surface area (Å²) in [6, 6.07) is 13.8. The molecule has 0 aliphatic carbocycles. The third-order valence-corrected chi connectivity index (χ3v) is 4.44. The van der Waals surface area contributed by atoms with Crippen molar-refractivity contribution in [2.24, 2.45) is 0 Å². The predicted octanol–water partition coefficient (Wildman–Crippen LogP) is 4.43. The minimum atomic E-state index is -0.0958. The molecular formula is C22H25NO3. The first kappa shape index (κ1) is 18.1. The molecule has 136 valence electrons. The lowest BCUT2D eigenvalue weighted by Crippen LogP contribution is -2.24. The molecular weight excluding hydrogens is 326 g/mol. The molecule has 0 fully saturated rings. The molecule has 4 heteroatoms. The molecule has 2 aromatic rings. The summed E-state index contributed by atoms with van der Waals surface area (Å²) >= 11 is 0. The van der Waals surface area contributed by atoms with Crippen molar-refractivity contribution < 1.29 is 14.3 Å². The number of ether oxygens (including phenoxy) is 2. The molecule has 1 aliphatic heterocycles. The monoisotopic (exact) mass is 351 g/mol. The van der Waals surface area contributed by atoms with E-state index in [-0.39, 0.29) is 11.3 Å². The normalized spacial score (nSPS) is 13.7. The third-order valence-electron chi connectivity index (χ3n) is 4.44. The van der Waals surface area contributed by atoms with Gasteiger partial charge in [0.2, 0.25) is 0 Å². The lowest BCUT2D eigenvalue weighted by Gasteiger charge is -2.21. The van der Waals surface area contributed by atoms with Gasteiger partial charge in [0.1, 0.15) is 13.2 Å². The van der Waals surface area contributed by atoms with Crippen molar-refractivity contribution in [2.75, 3.05) is 25.2 Å². The van der Waals surface area contributed by atoms with Crippen molar-refractivity contribution in [3.8, 4) is 11.5 Å². The molecule has 0 aromatic heterocycles. The van der Waals surface area contributed by atoms with Crippen LogP contribution in [0.3, 0.4) is 0 Å². The molecule has 1 aliphatic rings. The number of carbonyl (C=O) groups is 1. The number of fused-ring (bicyclic) bond motifs is 1. The van der Waals surface area contributed by atoms with E-state index in [9.17, 15) is 4.79 Å². The number of anilines is 1. The Kier molecular flexibility index (Phi) is 5.03. The first-order valence-corrected chi connectivity index (χ1v) is 8.80. The van der Waals surface area contributed by atoms with Crippen molar-refractivity contribution in [3.63, 3.8) is 0 Å². The minimum absolute atomic E-state index is 0.0958. The fourth-order valence-electron chi connectivity index (χ4n) is 2.74. The van der Waals surface area contributed by atoms with E-state index in [1.165, 1.54) is 5.56 Å². The van der Waals surface area contributed by atoms with E-state index in [2.05, 4.69) is 32.9 Å². The molecule has 26 heavy (non-hydrogen) atoms. The van der Waals surface area contributed by atoms with Crippen LogP contribution in [0.1, 0.15) is 31.9 Å². The number of carbonyl (C=O) groups excluding carboxylic acids is 1. The SMILES string of the molecule is CN(C(=O)/C=C/c1ccc(C(C)(C)C)cc1)c1ccc2c(c1)OCCO2. The summed E-state index contributed by atoms with van der Waals surface area (Å²) in [5.41, 5.74) is 3.17. The lowest BCUT2D eigenvalue weighted by molar-refractivity contribution is -0.113. The highest BCUT2D eigenvalue weighted by Gasteiger charge is 2.15. The number of nitrogens with zero attached hydrogens (tertiary/aromatic N) is 1. The van der Waals surface area contributed by atoms with Gasteiger partial charge in [-0.3, -0.25) is 4.79 Å². The molecule has 3 rings (SSSR count). The van der Waals surface area contributed by atoms with Crippen LogP contribution in [0.4, 0.5) is 5.69 Å². The number of hydrogen-bond acceptors (Lipinski definition) is 3. The molecule has 0 N–H and O–H groups in total. The molecule has 0 bridgehead atoms. The maximum absolute atomic E-state index is 12.5. The van der Waals surface area contributed by atoms with Gasteiger partial charge < -0.3 is 14.4 Å². The Morgan fingerprint density at radius 1 is 1.00 bits per heavy atom. The number of hydrogen-bond donors (Lipinski definition) is 0. The van der Waals surface area contributed by atoms with Crippen LogP contribution in [0.15, 0.2) is 48.5 Å². The van der Waals surface area contributed by atoms with Gasteiger partial charge in [-0.05, 0) is 34.8 Å². The Labute approximate surface area is 155 Å². The molecule has 4 nitrogen and oxygen atoms in total. The fraction of sp³-hybridized carbons (Fsp3) is 0.318. The summed E-state index contributed by atoms with van der Waals surface area (Å²) in [7, 11) is 1.75. The zero-order valence-corrected chi connectivity index (χ0v) is 15.8. The molecule has 0 radical (unpaired) electrons. The van der Waals surface area contributed by atoms with Crippen molar-refractivity contribution in [1.82, 2.24) is 0 Å². The quantitative estimate of drug-likeness (QED) is 0.768. The van der Waals surface area contributed by atoms with Crippen molar-refractivity contribution in [1.29, 1.82) is 0 Å². The highest BCUT2D eigenvalue weighted by atomic mass is 16.6. The van der Waals surface area contributed by atoms with Gasteiger partial charge in [0.15, 0.2) is 11.5 Å². The summed E-state index contributed by atoms with van der Waals surface area (Å²) in [5, 5.41) is 0. The summed E-state index contributed by atoms with van der Waals surface area (Å²) in [4.78, 5) is 14.1. The van der Waals surface area contributed by atoms with E-state index < -0.39 is 0 Å². The summed E-state index contributed by atoms with van der Waals surface area (Å²) in [6.45, 7) is 7.63. The van der Waals surface area contributed by atoms with Crippen LogP contribution in [0.2, 0.25) is 0 Å². The van der Waals surface area contributed by atoms with Crippen molar-refractivity contribution in [3.05, 3.63) is 59.7 Å². The van der Waals surface area contributed by atoms with Gasteiger partial charge in [0.05, 0.1) is 0 Å². The molecule has 0 saturated carbocycles. The van der Waals surface area contributed by atoms with Crippen LogP contribution in [-0.4, -0.2) is 26.2 Å². The number of amides is 1. The van der Waals surface area contributed by atoms with Crippen LogP contribution in [0.5, 0.6) is 11.5 Å². The molecule has 0 spiro atoms. The zero-order chi connectivity index (χ0) is 18.7. The maximum atomic E-state index is 12.5. The highest BCUT2D eigenvalue weighted by molar-refractivity contribution is 6.03. The van der Waals surface area contributed by atoms with E-state index in [1.807, 2.05) is 36.4 Å². The Bertz CT molecular complexity index is 816. The summed E-state index contributed by atoms with van der Waals surface area (Å²) < 4.78 is 11.1. The maximum Gasteiger partial charge on any atom is 0.250 e. The minimum Gasteiger partial charge on any atom is -0.486 e. The van der Waals surface area contributed by atoms with Crippen LogP contribution in [0.25, 0.3) is 6.08 Å². The second kappa shape index (κ2) is 7.24. The number of benzene rings is 2. The fourth-order valence-corrected chi connectivity index (χ4v) is 2.74. The third kappa shape index (κ3) is 4.07.